The second-order valence-electron chi connectivity index (χ2n) is 3.05. The highest BCUT2D eigenvalue weighted by molar-refractivity contribution is 8.01. The Morgan fingerprint density at radius 1 is 1.33 bits per heavy atom. The topological polar surface area (TPSA) is 38.9 Å². The first-order valence-electron chi connectivity index (χ1n) is 4.70. The molecule has 0 spiro atoms. The Morgan fingerprint density at radius 3 is 2.73 bits per heavy atom. The lowest BCUT2D eigenvalue weighted by atomic mass is 10.2. The molecule has 0 saturated carbocycles. The molecule has 0 bridgehead atoms. The third-order valence-electron chi connectivity index (χ3n) is 2.05. The highest BCUT2D eigenvalue weighted by Gasteiger charge is 2.11. The molecule has 0 radical (unpaired) electrons. The van der Waals surface area contributed by atoms with Gasteiger partial charge >= 0.3 is 0 Å². The SMILES string of the molecule is NCC(Sc1cccs1)c1ccncc1. The smallest absolute Gasteiger partial charge is 0.0604 e. The van der Waals surface area contributed by atoms with Gasteiger partial charge in [0, 0.05) is 24.2 Å². The second kappa shape index (κ2) is 5.30. The van der Waals surface area contributed by atoms with Crippen LogP contribution in [0.4, 0.5) is 0 Å². The number of hydrogen-bond acceptors (Lipinski definition) is 4. The van der Waals surface area contributed by atoms with Gasteiger partial charge in [0.15, 0.2) is 0 Å². The van der Waals surface area contributed by atoms with Gasteiger partial charge in [0.1, 0.15) is 0 Å². The maximum absolute atomic E-state index is 5.78. The Labute approximate surface area is 97.5 Å². The van der Waals surface area contributed by atoms with Crippen LogP contribution in [0.5, 0.6) is 0 Å². The third kappa shape index (κ3) is 2.81. The monoisotopic (exact) mass is 236 g/mol. The number of thiophene rings is 1. The van der Waals surface area contributed by atoms with Gasteiger partial charge in [-0.15, -0.1) is 23.1 Å². The average molecular weight is 236 g/mol. The molecule has 0 aromatic carbocycles. The zero-order chi connectivity index (χ0) is 10.5. The average Bonchev–Trinajstić information content (AvgIpc) is 2.80. The van der Waals surface area contributed by atoms with E-state index in [1.807, 2.05) is 36.3 Å². The van der Waals surface area contributed by atoms with E-state index < -0.39 is 0 Å². The Hall–Kier alpha value is -0.840. The molecule has 0 aliphatic rings. The van der Waals surface area contributed by atoms with E-state index in [1.54, 1.807) is 11.3 Å². The second-order valence-corrected chi connectivity index (χ2v) is 5.51. The van der Waals surface area contributed by atoms with E-state index in [9.17, 15) is 0 Å². The molecule has 1 atom stereocenters. The molecule has 0 saturated heterocycles. The van der Waals surface area contributed by atoms with E-state index in [2.05, 4.69) is 22.5 Å². The molecule has 1 unspecified atom stereocenters. The zero-order valence-corrected chi connectivity index (χ0v) is 9.80. The molecule has 2 N–H and O–H groups in total. The van der Waals surface area contributed by atoms with Gasteiger partial charge < -0.3 is 5.73 Å². The first-order valence-corrected chi connectivity index (χ1v) is 6.46. The van der Waals surface area contributed by atoms with E-state index in [0.717, 1.165) is 0 Å². The molecule has 2 rings (SSSR count). The lowest BCUT2D eigenvalue weighted by Gasteiger charge is -2.12. The molecule has 0 fully saturated rings. The summed E-state index contributed by atoms with van der Waals surface area (Å²) >= 11 is 3.57. The summed E-state index contributed by atoms with van der Waals surface area (Å²) in [5.74, 6) is 0. The van der Waals surface area contributed by atoms with Gasteiger partial charge in [-0.3, -0.25) is 4.98 Å². The predicted octanol–water partition coefficient (Wildman–Crippen LogP) is 2.94. The van der Waals surface area contributed by atoms with Crippen LogP contribution in [-0.2, 0) is 0 Å². The van der Waals surface area contributed by atoms with E-state index in [-0.39, 0.29) is 0 Å². The van der Waals surface area contributed by atoms with Crippen molar-refractivity contribution in [2.24, 2.45) is 5.73 Å². The van der Waals surface area contributed by atoms with Crippen LogP contribution >= 0.6 is 23.1 Å². The van der Waals surface area contributed by atoms with Crippen molar-refractivity contribution in [3.05, 3.63) is 47.6 Å². The standard InChI is InChI=1S/C11H12N2S2/c12-8-10(9-3-5-13-6-4-9)15-11-2-1-7-14-11/h1-7,10H,8,12H2. The number of thioether (sulfide) groups is 1. The number of nitrogens with zero attached hydrogens (tertiary/aromatic N) is 1. The summed E-state index contributed by atoms with van der Waals surface area (Å²) in [4.78, 5) is 4.01. The molecule has 2 heterocycles. The van der Waals surface area contributed by atoms with Gasteiger partial charge in [-0.2, -0.15) is 0 Å². The van der Waals surface area contributed by atoms with Crippen molar-refractivity contribution in [2.45, 2.75) is 9.46 Å². The van der Waals surface area contributed by atoms with Gasteiger partial charge in [-0.05, 0) is 29.1 Å². The van der Waals surface area contributed by atoms with Crippen LogP contribution in [-0.4, -0.2) is 11.5 Å². The summed E-state index contributed by atoms with van der Waals surface area (Å²) in [6.07, 6.45) is 3.62. The fourth-order valence-electron chi connectivity index (χ4n) is 1.30. The summed E-state index contributed by atoms with van der Waals surface area (Å²) in [7, 11) is 0. The maximum atomic E-state index is 5.78. The van der Waals surface area contributed by atoms with E-state index >= 15 is 0 Å². The minimum Gasteiger partial charge on any atom is -0.329 e. The number of pyridine rings is 1. The van der Waals surface area contributed by atoms with Crippen molar-refractivity contribution in [1.82, 2.24) is 4.98 Å². The lowest BCUT2D eigenvalue weighted by Crippen LogP contribution is -2.08. The summed E-state index contributed by atoms with van der Waals surface area (Å²) < 4.78 is 1.31. The first-order chi connectivity index (χ1) is 7.40. The van der Waals surface area contributed by atoms with Gasteiger partial charge in [0.25, 0.3) is 0 Å². The Balaban J connectivity index is 2.12. The summed E-state index contributed by atoms with van der Waals surface area (Å²) in [6, 6.07) is 8.24. The van der Waals surface area contributed by atoms with Crippen molar-refractivity contribution in [2.75, 3.05) is 6.54 Å². The van der Waals surface area contributed by atoms with Crippen LogP contribution in [0, 0.1) is 0 Å². The summed E-state index contributed by atoms with van der Waals surface area (Å²) in [6.45, 7) is 0.645. The Kier molecular flexibility index (Phi) is 3.77. The summed E-state index contributed by atoms with van der Waals surface area (Å²) in [5, 5.41) is 2.41. The zero-order valence-electron chi connectivity index (χ0n) is 8.17. The normalized spacial score (nSPS) is 12.6. The molecule has 15 heavy (non-hydrogen) atoms. The number of nitrogens with two attached hydrogens (primary N) is 1. The van der Waals surface area contributed by atoms with Gasteiger partial charge in [-0.1, -0.05) is 6.07 Å². The predicted molar refractivity (Wildman–Crippen MR) is 66.2 cm³/mol. The number of rotatable bonds is 4. The molecule has 0 aliphatic carbocycles. The quantitative estimate of drug-likeness (QED) is 0.830. The Bertz CT molecular complexity index is 386. The molecular weight excluding hydrogens is 224 g/mol. The minimum absolute atomic E-state index is 0.326. The number of aromatic nitrogens is 1. The summed E-state index contributed by atoms with van der Waals surface area (Å²) in [5.41, 5.74) is 7.03. The minimum atomic E-state index is 0.326. The molecule has 0 aliphatic heterocycles. The fraction of sp³-hybridized carbons (Fsp3) is 0.182. The first kappa shape index (κ1) is 10.7. The third-order valence-corrected chi connectivity index (χ3v) is 4.40. The van der Waals surface area contributed by atoms with E-state index in [4.69, 9.17) is 5.73 Å². The van der Waals surface area contributed by atoms with Crippen molar-refractivity contribution >= 4 is 23.1 Å². The molecule has 2 nitrogen and oxygen atoms in total. The lowest BCUT2D eigenvalue weighted by molar-refractivity contribution is 0.938. The fourth-order valence-corrected chi connectivity index (χ4v) is 3.31. The van der Waals surface area contributed by atoms with Crippen LogP contribution < -0.4 is 5.73 Å². The number of hydrogen-bond donors (Lipinski definition) is 1. The van der Waals surface area contributed by atoms with Crippen molar-refractivity contribution in [1.29, 1.82) is 0 Å². The van der Waals surface area contributed by atoms with Gasteiger partial charge in [-0.25, -0.2) is 0 Å². The highest BCUT2D eigenvalue weighted by atomic mass is 32.2. The van der Waals surface area contributed by atoms with E-state index in [1.165, 1.54) is 9.77 Å². The molecule has 0 amide bonds. The largest absolute Gasteiger partial charge is 0.329 e. The Morgan fingerprint density at radius 2 is 2.13 bits per heavy atom. The molecule has 4 heteroatoms. The van der Waals surface area contributed by atoms with Gasteiger partial charge in [0.05, 0.1) is 4.21 Å². The van der Waals surface area contributed by atoms with Crippen LogP contribution in [0.1, 0.15) is 10.8 Å². The van der Waals surface area contributed by atoms with Crippen LogP contribution in [0.15, 0.2) is 46.2 Å². The highest BCUT2D eigenvalue weighted by Crippen LogP contribution is 2.36. The molecular formula is C11H12N2S2. The maximum Gasteiger partial charge on any atom is 0.0604 e. The van der Waals surface area contributed by atoms with Crippen molar-refractivity contribution in [3.63, 3.8) is 0 Å². The van der Waals surface area contributed by atoms with Crippen molar-refractivity contribution in [3.8, 4) is 0 Å². The van der Waals surface area contributed by atoms with Crippen LogP contribution in [0.25, 0.3) is 0 Å². The van der Waals surface area contributed by atoms with Crippen LogP contribution in [0.2, 0.25) is 0 Å². The van der Waals surface area contributed by atoms with Crippen LogP contribution in [0.3, 0.4) is 0 Å². The molecule has 78 valence electrons. The molecule has 2 aromatic rings. The van der Waals surface area contributed by atoms with Gasteiger partial charge in [0.2, 0.25) is 0 Å². The van der Waals surface area contributed by atoms with E-state index in [0.29, 0.717) is 11.8 Å². The molecule has 2 aromatic heterocycles. The van der Waals surface area contributed by atoms with Crippen molar-refractivity contribution < 1.29 is 0 Å².